The molecule has 2 nitrogen and oxygen atoms in total. The van der Waals surface area contributed by atoms with Crippen LogP contribution in [-0.2, 0) is 0 Å². The fourth-order valence-electron chi connectivity index (χ4n) is 0.781. The van der Waals surface area contributed by atoms with E-state index in [0.717, 1.165) is 0 Å². The molecule has 2 heteroatoms. The third kappa shape index (κ3) is 0.831. The van der Waals surface area contributed by atoms with Gasteiger partial charge in [-0.3, -0.25) is 4.99 Å². The lowest BCUT2D eigenvalue weighted by atomic mass is 10.2. The monoisotopic (exact) mass is 112 g/mol. The Morgan fingerprint density at radius 2 is 2.12 bits per heavy atom. The van der Waals surface area contributed by atoms with Crippen LogP contribution in [-0.4, -0.2) is 30.9 Å². The van der Waals surface area contributed by atoms with Crippen LogP contribution in [0.2, 0.25) is 0 Å². The molecule has 0 aliphatic carbocycles. The number of amidine groups is 1. The maximum absolute atomic E-state index is 4.05. The molecule has 0 amide bonds. The molecule has 46 valence electrons. The Morgan fingerprint density at radius 1 is 1.50 bits per heavy atom. The van der Waals surface area contributed by atoms with Gasteiger partial charge in [-0.2, -0.15) is 0 Å². The Balaban J connectivity index is 2.34. The van der Waals surface area contributed by atoms with Gasteiger partial charge >= 0.3 is 0 Å². The average Bonchev–Trinajstić information content (AvgIpc) is 1.62. The minimum atomic E-state index is 1.18. The number of nitrogens with zero attached hydrogens (tertiary/aromatic N) is 2. The normalized spacial score (nSPS) is 20.8. The van der Waals surface area contributed by atoms with Crippen molar-refractivity contribution in [1.29, 1.82) is 0 Å². The van der Waals surface area contributed by atoms with E-state index in [4.69, 9.17) is 0 Å². The maximum atomic E-state index is 4.05. The van der Waals surface area contributed by atoms with E-state index < -0.39 is 0 Å². The second kappa shape index (κ2) is 2.16. The number of rotatable bonds is 0. The van der Waals surface area contributed by atoms with E-state index in [2.05, 4.69) is 16.8 Å². The van der Waals surface area contributed by atoms with Gasteiger partial charge in [0.15, 0.2) is 0 Å². The van der Waals surface area contributed by atoms with E-state index in [1.165, 1.54) is 25.3 Å². The van der Waals surface area contributed by atoms with Gasteiger partial charge in [0.05, 0.1) is 5.84 Å². The van der Waals surface area contributed by atoms with Gasteiger partial charge in [-0.15, -0.1) is 0 Å². The van der Waals surface area contributed by atoms with Gasteiger partial charge in [-0.25, -0.2) is 0 Å². The molecule has 0 atom stereocenters. The average molecular weight is 112 g/mol. The van der Waals surface area contributed by atoms with Gasteiger partial charge in [0.1, 0.15) is 0 Å². The first-order valence-electron chi connectivity index (χ1n) is 3.03. The molecule has 0 unspecified atom stereocenters. The Hall–Kier alpha value is -0.530. The summed E-state index contributed by atoms with van der Waals surface area (Å²) in [5.41, 5.74) is 0. The van der Waals surface area contributed by atoms with E-state index in [9.17, 15) is 0 Å². The lowest BCUT2D eigenvalue weighted by molar-refractivity contribution is 0.298. The van der Waals surface area contributed by atoms with Crippen molar-refractivity contribution in [1.82, 2.24) is 4.90 Å². The fourth-order valence-corrected chi connectivity index (χ4v) is 0.781. The summed E-state index contributed by atoms with van der Waals surface area (Å²) >= 11 is 0. The summed E-state index contributed by atoms with van der Waals surface area (Å²) in [6, 6.07) is 0. The van der Waals surface area contributed by atoms with Gasteiger partial charge < -0.3 is 4.90 Å². The smallest absolute Gasteiger partial charge is 0.0954 e. The van der Waals surface area contributed by atoms with Crippen molar-refractivity contribution in [3.63, 3.8) is 0 Å². The minimum Gasteiger partial charge on any atom is -0.360 e. The van der Waals surface area contributed by atoms with Crippen molar-refractivity contribution in [3.8, 4) is 0 Å². The summed E-state index contributed by atoms with van der Waals surface area (Å²) < 4.78 is 0. The van der Waals surface area contributed by atoms with E-state index in [1.54, 1.807) is 0 Å². The van der Waals surface area contributed by atoms with Crippen LogP contribution in [0.5, 0.6) is 0 Å². The number of hydrogen-bond donors (Lipinski definition) is 0. The first kappa shape index (κ1) is 5.60. The highest BCUT2D eigenvalue weighted by atomic mass is 15.2. The molecule has 8 heavy (non-hydrogen) atoms. The summed E-state index contributed by atoms with van der Waals surface area (Å²) in [7, 11) is 1.84. The summed E-state index contributed by atoms with van der Waals surface area (Å²) in [5, 5.41) is 0. The Labute approximate surface area is 50.2 Å². The lowest BCUT2D eigenvalue weighted by Gasteiger charge is -2.32. The van der Waals surface area contributed by atoms with Crippen molar-refractivity contribution in [3.05, 3.63) is 0 Å². The molecule has 1 rings (SSSR count). The molecule has 1 heterocycles. The third-order valence-electron chi connectivity index (χ3n) is 1.64. The van der Waals surface area contributed by atoms with Gasteiger partial charge in [0, 0.05) is 20.1 Å². The van der Waals surface area contributed by atoms with Crippen LogP contribution >= 0.6 is 0 Å². The Kier molecular flexibility index (Phi) is 1.51. The second-order valence-electron chi connectivity index (χ2n) is 2.11. The highest BCUT2D eigenvalue weighted by Crippen LogP contribution is 2.05. The second-order valence-corrected chi connectivity index (χ2v) is 2.11. The standard InChI is InChI=1S/C6H12N2/c1-6(7-2)8-4-3-5-8/h3-5H2,1-2H3/b7-6+. The van der Waals surface area contributed by atoms with Crippen molar-refractivity contribution in [2.75, 3.05) is 20.1 Å². The summed E-state index contributed by atoms with van der Waals surface area (Å²) in [4.78, 5) is 6.33. The highest BCUT2D eigenvalue weighted by molar-refractivity contribution is 5.80. The molecule has 0 bridgehead atoms. The fraction of sp³-hybridized carbons (Fsp3) is 0.833. The third-order valence-corrected chi connectivity index (χ3v) is 1.64. The molecular weight excluding hydrogens is 100 g/mol. The molecule has 0 N–H and O–H groups in total. The van der Waals surface area contributed by atoms with E-state index in [1.807, 2.05) is 7.05 Å². The summed E-state index contributed by atoms with van der Waals surface area (Å²) in [5.74, 6) is 1.18. The molecule has 1 saturated heterocycles. The predicted molar refractivity (Wildman–Crippen MR) is 35.2 cm³/mol. The number of hydrogen-bond acceptors (Lipinski definition) is 1. The van der Waals surface area contributed by atoms with Crippen LogP contribution in [0.15, 0.2) is 4.99 Å². The molecule has 0 aromatic carbocycles. The van der Waals surface area contributed by atoms with Gasteiger partial charge in [-0.1, -0.05) is 0 Å². The van der Waals surface area contributed by atoms with Crippen LogP contribution in [0.4, 0.5) is 0 Å². The zero-order chi connectivity index (χ0) is 5.98. The number of likely N-dealkylation sites (tertiary alicyclic amines) is 1. The van der Waals surface area contributed by atoms with Crippen molar-refractivity contribution >= 4 is 5.84 Å². The molecule has 0 saturated carbocycles. The summed E-state index contributed by atoms with van der Waals surface area (Å²) in [6.45, 7) is 4.48. The Bertz CT molecular complexity index is 103. The largest absolute Gasteiger partial charge is 0.360 e. The van der Waals surface area contributed by atoms with Crippen LogP contribution in [0.1, 0.15) is 13.3 Å². The quantitative estimate of drug-likeness (QED) is 0.333. The highest BCUT2D eigenvalue weighted by Gasteiger charge is 2.13. The molecule has 1 fully saturated rings. The predicted octanol–water partition coefficient (Wildman–Crippen LogP) is 0.740. The zero-order valence-corrected chi connectivity index (χ0v) is 5.52. The lowest BCUT2D eigenvalue weighted by Crippen LogP contribution is -2.40. The first-order valence-corrected chi connectivity index (χ1v) is 3.03. The minimum absolute atomic E-state index is 1.18. The molecule has 0 radical (unpaired) electrons. The molecule has 1 aliphatic rings. The van der Waals surface area contributed by atoms with Crippen LogP contribution in [0, 0.1) is 0 Å². The molecule has 1 aliphatic heterocycles. The number of aliphatic imine (C=N–C) groups is 1. The zero-order valence-electron chi connectivity index (χ0n) is 5.52. The van der Waals surface area contributed by atoms with Crippen LogP contribution in [0.25, 0.3) is 0 Å². The Morgan fingerprint density at radius 3 is 2.25 bits per heavy atom. The van der Waals surface area contributed by atoms with Gasteiger partial charge in [0.2, 0.25) is 0 Å². The van der Waals surface area contributed by atoms with Crippen molar-refractivity contribution in [2.24, 2.45) is 4.99 Å². The van der Waals surface area contributed by atoms with Crippen molar-refractivity contribution < 1.29 is 0 Å². The van der Waals surface area contributed by atoms with E-state index >= 15 is 0 Å². The molecule has 0 spiro atoms. The van der Waals surface area contributed by atoms with Crippen LogP contribution < -0.4 is 0 Å². The maximum Gasteiger partial charge on any atom is 0.0954 e. The topological polar surface area (TPSA) is 15.6 Å². The molecule has 0 aromatic heterocycles. The SMILES string of the molecule is C/N=C(\C)N1CCC1. The van der Waals surface area contributed by atoms with Gasteiger partial charge in [-0.05, 0) is 13.3 Å². The van der Waals surface area contributed by atoms with Crippen molar-refractivity contribution in [2.45, 2.75) is 13.3 Å². The van der Waals surface area contributed by atoms with Crippen LogP contribution in [0.3, 0.4) is 0 Å². The molecule has 0 aromatic rings. The first-order chi connectivity index (χ1) is 3.84. The van der Waals surface area contributed by atoms with E-state index in [-0.39, 0.29) is 0 Å². The summed E-state index contributed by atoms with van der Waals surface area (Å²) in [6.07, 6.45) is 1.34. The molecular formula is C6H12N2. The van der Waals surface area contributed by atoms with E-state index in [0.29, 0.717) is 0 Å². The van der Waals surface area contributed by atoms with Gasteiger partial charge in [0.25, 0.3) is 0 Å².